The first-order chi connectivity index (χ1) is 8.93. The molecule has 0 heterocycles. The average Bonchev–Trinajstić information content (AvgIpc) is 2.37. The van der Waals surface area contributed by atoms with E-state index in [0.717, 1.165) is 6.07 Å². The van der Waals surface area contributed by atoms with E-state index in [9.17, 15) is 14.0 Å². The highest BCUT2D eigenvalue weighted by Crippen LogP contribution is 2.08. The van der Waals surface area contributed by atoms with Gasteiger partial charge in [0.15, 0.2) is 0 Å². The fraction of sp³-hybridized carbons (Fsp3) is 0.308. The maximum absolute atomic E-state index is 12.9. The van der Waals surface area contributed by atoms with Crippen LogP contribution in [0.25, 0.3) is 0 Å². The van der Waals surface area contributed by atoms with Gasteiger partial charge in [0.2, 0.25) is 0 Å². The van der Waals surface area contributed by atoms with Crippen molar-refractivity contribution in [2.45, 2.75) is 19.4 Å². The quantitative estimate of drug-likeness (QED) is 0.844. The first-order valence-electron chi connectivity index (χ1n) is 5.63. The Morgan fingerprint density at radius 2 is 2.21 bits per heavy atom. The molecule has 2 N–H and O–H groups in total. The van der Waals surface area contributed by atoms with Crippen LogP contribution in [-0.2, 0) is 4.79 Å². The summed E-state index contributed by atoms with van der Waals surface area (Å²) in [5.74, 6) is -3.00. The van der Waals surface area contributed by atoms with E-state index in [1.165, 1.54) is 18.2 Å². The molecule has 0 bridgehead atoms. The molecule has 6 heteroatoms. The summed E-state index contributed by atoms with van der Waals surface area (Å²) in [5, 5.41) is 19.9. The summed E-state index contributed by atoms with van der Waals surface area (Å²) in [4.78, 5) is 22.7. The van der Waals surface area contributed by atoms with Crippen LogP contribution in [0.4, 0.5) is 4.39 Å². The normalized spacial score (nSPS) is 13.1. The lowest BCUT2D eigenvalue weighted by molar-refractivity contribution is -0.139. The van der Waals surface area contributed by atoms with E-state index in [1.54, 1.807) is 6.92 Å². The second kappa shape index (κ2) is 6.50. The van der Waals surface area contributed by atoms with Crippen LogP contribution in [0.3, 0.4) is 0 Å². The zero-order valence-electron chi connectivity index (χ0n) is 10.3. The van der Waals surface area contributed by atoms with E-state index in [-0.39, 0.29) is 12.0 Å². The number of carbonyl (C=O) groups excluding carboxylic acids is 1. The molecule has 0 radical (unpaired) electrons. The van der Waals surface area contributed by atoms with Crippen molar-refractivity contribution in [1.29, 1.82) is 5.26 Å². The number of carbonyl (C=O) groups is 2. The van der Waals surface area contributed by atoms with E-state index in [0.29, 0.717) is 0 Å². The number of aliphatic carboxylic acids is 1. The molecule has 100 valence electrons. The maximum Gasteiger partial charge on any atom is 0.326 e. The molecule has 19 heavy (non-hydrogen) atoms. The van der Waals surface area contributed by atoms with Crippen LogP contribution in [0.1, 0.15) is 23.7 Å². The first-order valence-corrected chi connectivity index (χ1v) is 5.63. The third-order valence-electron chi connectivity index (χ3n) is 2.50. The lowest BCUT2D eigenvalue weighted by atomic mass is 10.0. The van der Waals surface area contributed by atoms with Crippen molar-refractivity contribution in [3.8, 4) is 6.07 Å². The zero-order valence-corrected chi connectivity index (χ0v) is 10.3. The number of hydrogen-bond acceptors (Lipinski definition) is 3. The van der Waals surface area contributed by atoms with Crippen molar-refractivity contribution in [3.05, 3.63) is 35.6 Å². The predicted molar refractivity (Wildman–Crippen MR) is 64.7 cm³/mol. The number of halogens is 1. The minimum atomic E-state index is -1.23. The fourth-order valence-corrected chi connectivity index (χ4v) is 1.50. The molecule has 0 fully saturated rings. The van der Waals surface area contributed by atoms with Gasteiger partial charge in [0.05, 0.1) is 6.07 Å². The molecule has 2 atom stereocenters. The van der Waals surface area contributed by atoms with Crippen molar-refractivity contribution >= 4 is 11.9 Å². The molecule has 0 saturated heterocycles. The minimum Gasteiger partial charge on any atom is -0.480 e. The smallest absolute Gasteiger partial charge is 0.326 e. The third-order valence-corrected chi connectivity index (χ3v) is 2.50. The molecule has 5 nitrogen and oxygen atoms in total. The molecular formula is C13H13FN2O3. The number of hydrogen-bond donors (Lipinski definition) is 2. The van der Waals surface area contributed by atoms with Crippen LogP contribution in [0.2, 0.25) is 0 Å². The fourth-order valence-electron chi connectivity index (χ4n) is 1.50. The Morgan fingerprint density at radius 3 is 2.74 bits per heavy atom. The SMILES string of the molecule is C[C@H](C#N)C[C@@H](NC(=O)c1cccc(F)c1)C(=O)O. The molecule has 1 aromatic rings. The van der Waals surface area contributed by atoms with Crippen LogP contribution >= 0.6 is 0 Å². The van der Waals surface area contributed by atoms with E-state index in [2.05, 4.69) is 5.32 Å². The summed E-state index contributed by atoms with van der Waals surface area (Å²) in [6.45, 7) is 1.56. The van der Waals surface area contributed by atoms with Gasteiger partial charge in [-0.1, -0.05) is 6.07 Å². The van der Waals surface area contributed by atoms with E-state index in [1.807, 2.05) is 6.07 Å². The van der Waals surface area contributed by atoms with Gasteiger partial charge in [-0.25, -0.2) is 9.18 Å². The van der Waals surface area contributed by atoms with Gasteiger partial charge < -0.3 is 10.4 Å². The molecule has 0 aliphatic heterocycles. The van der Waals surface area contributed by atoms with Gasteiger partial charge in [0, 0.05) is 11.5 Å². The number of benzene rings is 1. The van der Waals surface area contributed by atoms with E-state index < -0.39 is 29.7 Å². The first kappa shape index (κ1) is 14.6. The Balaban J connectivity index is 2.77. The third kappa shape index (κ3) is 4.39. The Bertz CT molecular complexity index is 525. The molecule has 0 aliphatic carbocycles. The van der Waals surface area contributed by atoms with Gasteiger partial charge in [-0.05, 0) is 31.5 Å². The van der Waals surface area contributed by atoms with E-state index in [4.69, 9.17) is 10.4 Å². The highest BCUT2D eigenvalue weighted by Gasteiger charge is 2.23. The van der Waals surface area contributed by atoms with Crippen molar-refractivity contribution in [3.63, 3.8) is 0 Å². The summed E-state index contributed by atoms with van der Waals surface area (Å²) in [6.07, 6.45) is -0.00705. The van der Waals surface area contributed by atoms with Crippen molar-refractivity contribution in [2.75, 3.05) is 0 Å². The largest absolute Gasteiger partial charge is 0.480 e. The molecule has 1 rings (SSSR count). The highest BCUT2D eigenvalue weighted by molar-refractivity contribution is 5.96. The van der Waals surface area contributed by atoms with Gasteiger partial charge in [0.1, 0.15) is 11.9 Å². The molecule has 0 aliphatic rings. The summed E-state index contributed by atoms with van der Waals surface area (Å²) in [5.41, 5.74) is 0.0378. The van der Waals surface area contributed by atoms with Crippen LogP contribution < -0.4 is 5.32 Å². The second-order valence-electron chi connectivity index (χ2n) is 4.14. The van der Waals surface area contributed by atoms with Crippen molar-refractivity contribution < 1.29 is 19.1 Å². The average molecular weight is 264 g/mol. The van der Waals surface area contributed by atoms with Crippen LogP contribution in [0, 0.1) is 23.1 Å². The molecule has 0 saturated carbocycles. The molecule has 0 unspecified atom stereocenters. The number of carboxylic acid groups (broad SMARTS) is 1. The summed E-state index contributed by atoms with van der Waals surface area (Å²) >= 11 is 0. The number of amides is 1. The minimum absolute atomic E-state index is 0.00705. The number of rotatable bonds is 5. The summed E-state index contributed by atoms with van der Waals surface area (Å²) < 4.78 is 12.9. The van der Waals surface area contributed by atoms with Gasteiger partial charge in [0.25, 0.3) is 5.91 Å². The molecular weight excluding hydrogens is 251 g/mol. The Hall–Kier alpha value is -2.42. The van der Waals surface area contributed by atoms with Gasteiger partial charge in [-0.3, -0.25) is 4.79 Å². The van der Waals surface area contributed by atoms with E-state index >= 15 is 0 Å². The van der Waals surface area contributed by atoms with Gasteiger partial charge in [-0.2, -0.15) is 5.26 Å². The van der Waals surface area contributed by atoms with Gasteiger partial charge >= 0.3 is 5.97 Å². The van der Waals surface area contributed by atoms with Crippen molar-refractivity contribution in [2.24, 2.45) is 5.92 Å². The summed E-state index contributed by atoms with van der Waals surface area (Å²) in [6, 6.07) is 5.66. The molecule has 0 spiro atoms. The number of nitrogens with zero attached hydrogens (tertiary/aromatic N) is 1. The Labute approximate surface area is 109 Å². The maximum atomic E-state index is 12.9. The predicted octanol–water partition coefficient (Wildman–Crippen LogP) is 1.56. The van der Waals surface area contributed by atoms with Crippen molar-refractivity contribution in [1.82, 2.24) is 5.32 Å². The summed E-state index contributed by atoms with van der Waals surface area (Å²) in [7, 11) is 0. The number of nitrogens with one attached hydrogen (secondary N) is 1. The topological polar surface area (TPSA) is 90.2 Å². The number of carboxylic acids is 1. The highest BCUT2D eigenvalue weighted by atomic mass is 19.1. The van der Waals surface area contributed by atoms with Crippen LogP contribution in [0.5, 0.6) is 0 Å². The molecule has 0 aromatic heterocycles. The Kier molecular flexibility index (Phi) is 5.01. The lowest BCUT2D eigenvalue weighted by Gasteiger charge is -2.15. The number of nitriles is 1. The van der Waals surface area contributed by atoms with Crippen LogP contribution in [0.15, 0.2) is 24.3 Å². The molecule has 1 aromatic carbocycles. The second-order valence-corrected chi connectivity index (χ2v) is 4.14. The van der Waals surface area contributed by atoms with Gasteiger partial charge in [-0.15, -0.1) is 0 Å². The standard InChI is InChI=1S/C13H13FN2O3/c1-8(7-15)5-11(13(18)19)16-12(17)9-3-2-4-10(14)6-9/h2-4,6,8,11H,5H2,1H3,(H,16,17)(H,18,19)/t8-,11+/m0/s1. The van der Waals surface area contributed by atoms with Crippen LogP contribution in [-0.4, -0.2) is 23.0 Å². The zero-order chi connectivity index (χ0) is 14.4. The lowest BCUT2D eigenvalue weighted by Crippen LogP contribution is -2.41. The monoisotopic (exact) mass is 264 g/mol. The molecule has 1 amide bonds. The Morgan fingerprint density at radius 1 is 1.53 bits per heavy atom.